The summed E-state index contributed by atoms with van der Waals surface area (Å²) in [4.78, 5) is 25.5. The number of aliphatic hydroxyl groups excluding tert-OH is 1. The molecule has 0 aromatic heterocycles. The van der Waals surface area contributed by atoms with Crippen molar-refractivity contribution in [1.82, 2.24) is 4.90 Å². The van der Waals surface area contributed by atoms with Gasteiger partial charge >= 0.3 is 5.97 Å². The van der Waals surface area contributed by atoms with Crippen molar-refractivity contribution in [3.05, 3.63) is 64.7 Å². The fourth-order valence-corrected chi connectivity index (χ4v) is 3.96. The van der Waals surface area contributed by atoms with Crippen LogP contribution in [0.15, 0.2) is 42.5 Å². The SMILES string of the molecule is Cc1cc(C(=O)N2CCC(C(O)c3ccccc3)CC2)cc(C)c1OCC(=O)O. The number of piperidine rings is 1. The Morgan fingerprint density at radius 2 is 1.69 bits per heavy atom. The van der Waals surface area contributed by atoms with Gasteiger partial charge in [0.15, 0.2) is 6.61 Å². The zero-order chi connectivity index (χ0) is 21.0. The van der Waals surface area contributed by atoms with Crippen molar-refractivity contribution in [1.29, 1.82) is 0 Å². The molecule has 6 heteroatoms. The molecule has 0 radical (unpaired) electrons. The Morgan fingerprint density at radius 3 is 2.24 bits per heavy atom. The lowest BCUT2D eigenvalue weighted by atomic mass is 9.87. The number of likely N-dealkylation sites (tertiary alicyclic amines) is 1. The van der Waals surface area contributed by atoms with Crippen molar-refractivity contribution in [2.24, 2.45) is 5.92 Å². The van der Waals surface area contributed by atoms with Gasteiger partial charge in [0.05, 0.1) is 6.10 Å². The maximum atomic E-state index is 13.0. The highest BCUT2D eigenvalue weighted by Gasteiger charge is 2.29. The predicted molar refractivity (Wildman–Crippen MR) is 109 cm³/mol. The lowest BCUT2D eigenvalue weighted by molar-refractivity contribution is -0.139. The van der Waals surface area contributed by atoms with Gasteiger partial charge in [-0.15, -0.1) is 0 Å². The second kappa shape index (κ2) is 9.09. The molecule has 1 fully saturated rings. The minimum Gasteiger partial charge on any atom is -0.481 e. The van der Waals surface area contributed by atoms with Crippen molar-refractivity contribution in [2.45, 2.75) is 32.8 Å². The van der Waals surface area contributed by atoms with E-state index in [0.29, 0.717) is 24.4 Å². The lowest BCUT2D eigenvalue weighted by Gasteiger charge is -2.34. The lowest BCUT2D eigenvalue weighted by Crippen LogP contribution is -2.39. The third-order valence-electron chi connectivity index (χ3n) is 5.46. The Labute approximate surface area is 170 Å². The van der Waals surface area contributed by atoms with Gasteiger partial charge in [-0.1, -0.05) is 30.3 Å². The fraction of sp³-hybridized carbons (Fsp3) is 0.391. The average Bonchev–Trinajstić information content (AvgIpc) is 2.72. The van der Waals surface area contributed by atoms with Crippen LogP contribution in [0.5, 0.6) is 5.75 Å². The zero-order valence-corrected chi connectivity index (χ0v) is 16.8. The Bertz CT molecular complexity index is 849. The van der Waals surface area contributed by atoms with E-state index < -0.39 is 18.7 Å². The van der Waals surface area contributed by atoms with Crippen LogP contribution in [-0.4, -0.2) is 46.7 Å². The van der Waals surface area contributed by atoms with Gasteiger partial charge in [0.25, 0.3) is 5.91 Å². The first-order valence-electron chi connectivity index (χ1n) is 9.85. The van der Waals surface area contributed by atoms with E-state index in [1.54, 1.807) is 12.1 Å². The summed E-state index contributed by atoms with van der Waals surface area (Å²) in [5.41, 5.74) is 2.97. The van der Waals surface area contributed by atoms with E-state index >= 15 is 0 Å². The van der Waals surface area contributed by atoms with Crippen LogP contribution in [0.25, 0.3) is 0 Å². The molecule has 1 heterocycles. The number of ether oxygens (including phenoxy) is 1. The van der Waals surface area contributed by atoms with Gasteiger partial charge in [-0.05, 0) is 61.4 Å². The minimum absolute atomic E-state index is 0.0476. The topological polar surface area (TPSA) is 87.1 Å². The van der Waals surface area contributed by atoms with Crippen LogP contribution in [-0.2, 0) is 4.79 Å². The highest BCUT2D eigenvalue weighted by atomic mass is 16.5. The fourth-order valence-electron chi connectivity index (χ4n) is 3.96. The van der Waals surface area contributed by atoms with Crippen LogP contribution in [0.4, 0.5) is 0 Å². The van der Waals surface area contributed by atoms with Crippen LogP contribution in [0.1, 0.15) is 46.0 Å². The Hall–Kier alpha value is -2.86. The molecular weight excluding hydrogens is 370 g/mol. The Morgan fingerprint density at radius 1 is 1.10 bits per heavy atom. The van der Waals surface area contributed by atoms with E-state index in [-0.39, 0.29) is 11.8 Å². The monoisotopic (exact) mass is 397 g/mol. The first-order valence-corrected chi connectivity index (χ1v) is 9.85. The number of amides is 1. The largest absolute Gasteiger partial charge is 0.481 e. The van der Waals surface area contributed by atoms with Crippen molar-refractivity contribution >= 4 is 11.9 Å². The number of aryl methyl sites for hydroxylation is 2. The highest BCUT2D eigenvalue weighted by Crippen LogP contribution is 2.32. The Kier molecular flexibility index (Phi) is 6.54. The van der Waals surface area contributed by atoms with E-state index in [0.717, 1.165) is 29.5 Å². The van der Waals surface area contributed by atoms with E-state index in [1.165, 1.54) is 0 Å². The van der Waals surface area contributed by atoms with E-state index in [1.807, 2.05) is 49.1 Å². The molecule has 1 aliphatic heterocycles. The second-order valence-corrected chi connectivity index (χ2v) is 7.61. The summed E-state index contributed by atoms with van der Waals surface area (Å²) in [6.07, 6.45) is 0.989. The average molecular weight is 397 g/mol. The number of carbonyl (C=O) groups is 2. The number of hydrogen-bond donors (Lipinski definition) is 2. The third kappa shape index (κ3) is 4.95. The maximum Gasteiger partial charge on any atom is 0.341 e. The van der Waals surface area contributed by atoms with Gasteiger partial charge in [0.1, 0.15) is 5.75 Å². The molecule has 1 aliphatic rings. The number of nitrogens with zero attached hydrogens (tertiary/aromatic N) is 1. The van der Waals surface area contributed by atoms with Crippen LogP contribution < -0.4 is 4.74 Å². The van der Waals surface area contributed by atoms with Gasteiger partial charge < -0.3 is 19.8 Å². The number of aliphatic hydroxyl groups is 1. The van der Waals surface area contributed by atoms with Crippen molar-refractivity contribution in [3.63, 3.8) is 0 Å². The van der Waals surface area contributed by atoms with E-state index in [9.17, 15) is 14.7 Å². The van der Waals surface area contributed by atoms with E-state index in [4.69, 9.17) is 9.84 Å². The third-order valence-corrected chi connectivity index (χ3v) is 5.46. The predicted octanol–water partition coefficient (Wildman–Crippen LogP) is 3.35. The van der Waals surface area contributed by atoms with Gasteiger partial charge in [0, 0.05) is 18.7 Å². The first kappa shape index (κ1) is 20.9. The maximum absolute atomic E-state index is 13.0. The molecule has 154 valence electrons. The number of carbonyl (C=O) groups excluding carboxylic acids is 1. The number of carboxylic acids is 1. The van der Waals surface area contributed by atoms with Crippen molar-refractivity contribution in [2.75, 3.05) is 19.7 Å². The summed E-state index contributed by atoms with van der Waals surface area (Å²) in [6, 6.07) is 13.1. The molecule has 2 N–H and O–H groups in total. The molecule has 1 unspecified atom stereocenters. The normalized spacial score (nSPS) is 15.8. The quantitative estimate of drug-likeness (QED) is 0.781. The molecule has 1 saturated heterocycles. The summed E-state index contributed by atoms with van der Waals surface area (Å²) >= 11 is 0. The Balaban J connectivity index is 1.64. The zero-order valence-electron chi connectivity index (χ0n) is 16.8. The molecule has 3 rings (SSSR count). The summed E-state index contributed by atoms with van der Waals surface area (Å²) in [7, 11) is 0. The number of benzene rings is 2. The standard InChI is InChI=1S/C23H27NO5/c1-15-12-19(13-16(2)22(15)29-14-20(25)26)23(28)24-10-8-18(9-11-24)21(27)17-6-4-3-5-7-17/h3-7,12-13,18,21,27H,8-11,14H2,1-2H3,(H,25,26). The molecule has 0 aliphatic carbocycles. The molecule has 6 nitrogen and oxygen atoms in total. The molecule has 29 heavy (non-hydrogen) atoms. The van der Waals surface area contributed by atoms with Gasteiger partial charge in [-0.3, -0.25) is 4.79 Å². The van der Waals surface area contributed by atoms with Gasteiger partial charge in [-0.25, -0.2) is 4.79 Å². The molecule has 1 atom stereocenters. The van der Waals surface area contributed by atoms with Gasteiger partial charge in [0.2, 0.25) is 0 Å². The smallest absolute Gasteiger partial charge is 0.341 e. The molecule has 2 aromatic carbocycles. The molecule has 0 saturated carbocycles. The molecular formula is C23H27NO5. The number of aliphatic carboxylic acids is 1. The summed E-state index contributed by atoms with van der Waals surface area (Å²) in [5.74, 6) is -0.441. The molecule has 1 amide bonds. The summed E-state index contributed by atoms with van der Waals surface area (Å²) < 4.78 is 5.34. The van der Waals surface area contributed by atoms with Crippen molar-refractivity contribution in [3.8, 4) is 5.75 Å². The first-order chi connectivity index (χ1) is 13.9. The minimum atomic E-state index is -1.04. The van der Waals surface area contributed by atoms with Crippen LogP contribution in [0, 0.1) is 19.8 Å². The van der Waals surface area contributed by atoms with Crippen molar-refractivity contribution < 1.29 is 24.5 Å². The van der Waals surface area contributed by atoms with E-state index in [2.05, 4.69) is 0 Å². The number of hydrogen-bond acceptors (Lipinski definition) is 4. The summed E-state index contributed by atoms with van der Waals surface area (Å²) in [5, 5.41) is 19.4. The second-order valence-electron chi connectivity index (χ2n) is 7.61. The highest BCUT2D eigenvalue weighted by molar-refractivity contribution is 5.95. The molecule has 0 bridgehead atoms. The van der Waals surface area contributed by atoms with Gasteiger partial charge in [-0.2, -0.15) is 0 Å². The molecule has 2 aromatic rings. The van der Waals surface area contributed by atoms with Crippen LogP contribution in [0.2, 0.25) is 0 Å². The van der Waals surface area contributed by atoms with Crippen LogP contribution >= 0.6 is 0 Å². The number of rotatable bonds is 6. The summed E-state index contributed by atoms with van der Waals surface area (Å²) in [6.45, 7) is 4.41. The van der Waals surface area contributed by atoms with Crippen LogP contribution in [0.3, 0.4) is 0 Å². The number of carboxylic acid groups (broad SMARTS) is 1. The molecule has 0 spiro atoms.